The number of benzene rings is 1. The minimum atomic E-state index is -1.08. The van der Waals surface area contributed by atoms with Crippen LogP contribution in [-0.2, 0) is 0 Å². The van der Waals surface area contributed by atoms with Gasteiger partial charge in [-0.25, -0.2) is 4.79 Å². The van der Waals surface area contributed by atoms with Gasteiger partial charge in [-0.2, -0.15) is 0 Å². The van der Waals surface area contributed by atoms with Gasteiger partial charge in [-0.15, -0.1) is 0 Å². The van der Waals surface area contributed by atoms with Gasteiger partial charge in [0, 0.05) is 25.2 Å². The molecule has 0 unspecified atom stereocenters. The molecule has 0 aromatic heterocycles. The highest BCUT2D eigenvalue weighted by Crippen LogP contribution is 2.35. The Morgan fingerprint density at radius 2 is 2.14 bits per heavy atom. The largest absolute Gasteiger partial charge is 0.492 e. The Balaban J connectivity index is 2.83. The van der Waals surface area contributed by atoms with Crippen molar-refractivity contribution >= 4 is 29.3 Å². The van der Waals surface area contributed by atoms with E-state index < -0.39 is 22.6 Å². The third-order valence-corrected chi connectivity index (χ3v) is 3.10. The summed E-state index contributed by atoms with van der Waals surface area (Å²) in [4.78, 5) is 33.0. The van der Waals surface area contributed by atoms with Crippen LogP contribution in [0.25, 0.3) is 0 Å². The molecule has 0 aliphatic heterocycles. The minimum Gasteiger partial charge on any atom is -0.492 e. The molecular weight excluding hydrogens is 318 g/mol. The summed E-state index contributed by atoms with van der Waals surface area (Å²) in [6.45, 7) is 0.279. The van der Waals surface area contributed by atoms with Crippen molar-refractivity contribution in [2.75, 3.05) is 20.2 Å². The van der Waals surface area contributed by atoms with E-state index in [-0.39, 0.29) is 29.5 Å². The van der Waals surface area contributed by atoms with Gasteiger partial charge in [-0.1, -0.05) is 11.6 Å². The predicted octanol–water partition coefficient (Wildman–Crippen LogP) is 1.73. The minimum absolute atomic E-state index is 0.0531. The number of nitro groups is 1. The van der Waals surface area contributed by atoms with Crippen LogP contribution in [0.3, 0.4) is 0 Å². The maximum absolute atomic E-state index is 11.2. The first-order valence-electron chi connectivity index (χ1n) is 6.08. The average Bonchev–Trinajstić information content (AvgIpc) is 2.43. The van der Waals surface area contributed by atoms with Crippen molar-refractivity contribution in [1.82, 2.24) is 4.90 Å². The van der Waals surface area contributed by atoms with Gasteiger partial charge in [0.15, 0.2) is 5.02 Å². The lowest BCUT2D eigenvalue weighted by molar-refractivity contribution is -0.384. The summed E-state index contributed by atoms with van der Waals surface area (Å²) in [5, 5.41) is 19.3. The van der Waals surface area contributed by atoms with Crippen LogP contribution in [0.15, 0.2) is 12.1 Å². The molecule has 22 heavy (non-hydrogen) atoms. The van der Waals surface area contributed by atoms with Crippen molar-refractivity contribution in [3.8, 4) is 5.75 Å². The van der Waals surface area contributed by atoms with Crippen LogP contribution in [0.4, 0.5) is 10.5 Å². The third-order valence-electron chi connectivity index (χ3n) is 2.72. The molecule has 9 nitrogen and oxygen atoms in total. The number of nitrogens with zero attached hydrogens (tertiary/aromatic N) is 2. The van der Waals surface area contributed by atoms with Gasteiger partial charge in [0.05, 0.1) is 11.5 Å². The van der Waals surface area contributed by atoms with Gasteiger partial charge >= 0.3 is 6.09 Å². The summed E-state index contributed by atoms with van der Waals surface area (Å²) in [7, 11) is 1.40. The van der Waals surface area contributed by atoms with Crippen molar-refractivity contribution in [3.05, 3.63) is 32.8 Å². The Hall–Kier alpha value is -2.55. The van der Waals surface area contributed by atoms with E-state index in [0.29, 0.717) is 6.42 Å². The molecule has 10 heteroatoms. The highest BCUT2D eigenvalue weighted by atomic mass is 35.5. The van der Waals surface area contributed by atoms with Crippen LogP contribution in [0, 0.1) is 10.1 Å². The first kappa shape index (κ1) is 17.5. The number of ether oxygens (including phenoxy) is 1. The number of carbonyl (C=O) groups excluding carboxylic acids is 1. The molecule has 1 aromatic rings. The molecule has 0 radical (unpaired) electrons. The van der Waals surface area contributed by atoms with E-state index in [0.717, 1.165) is 11.0 Å². The zero-order valence-electron chi connectivity index (χ0n) is 11.6. The van der Waals surface area contributed by atoms with Gasteiger partial charge in [-0.05, 0) is 12.5 Å². The zero-order valence-corrected chi connectivity index (χ0v) is 12.4. The van der Waals surface area contributed by atoms with E-state index in [2.05, 4.69) is 0 Å². The van der Waals surface area contributed by atoms with Crippen molar-refractivity contribution in [2.45, 2.75) is 6.42 Å². The molecule has 0 saturated heterocycles. The Kier molecular flexibility index (Phi) is 5.93. The SMILES string of the molecule is CN(CCCOc1cc(C(N)=O)cc([N+](=O)[O-])c1Cl)C(=O)O. The predicted molar refractivity (Wildman–Crippen MR) is 77.4 cm³/mol. The van der Waals surface area contributed by atoms with E-state index in [4.69, 9.17) is 27.2 Å². The molecule has 0 heterocycles. The third kappa shape index (κ3) is 4.48. The van der Waals surface area contributed by atoms with Crippen LogP contribution < -0.4 is 10.5 Å². The van der Waals surface area contributed by atoms with Crippen molar-refractivity contribution in [3.63, 3.8) is 0 Å². The molecule has 1 aromatic carbocycles. The smallest absolute Gasteiger partial charge is 0.407 e. The molecule has 2 amide bonds. The molecule has 0 atom stereocenters. The maximum Gasteiger partial charge on any atom is 0.407 e. The Morgan fingerprint density at radius 1 is 1.50 bits per heavy atom. The van der Waals surface area contributed by atoms with Gasteiger partial charge < -0.3 is 20.5 Å². The van der Waals surface area contributed by atoms with Crippen molar-refractivity contribution in [1.29, 1.82) is 0 Å². The topological polar surface area (TPSA) is 136 Å². The van der Waals surface area contributed by atoms with Gasteiger partial charge in [0.2, 0.25) is 5.91 Å². The summed E-state index contributed by atoms with van der Waals surface area (Å²) >= 11 is 5.85. The zero-order chi connectivity index (χ0) is 16.9. The standard InChI is InChI=1S/C12H14ClN3O6/c1-15(12(18)19)3-2-4-22-9-6-7(11(14)17)5-8(10(9)13)16(20)21/h5-6H,2-4H2,1H3,(H2,14,17)(H,18,19). The maximum atomic E-state index is 11.2. The highest BCUT2D eigenvalue weighted by molar-refractivity contribution is 6.34. The quantitative estimate of drug-likeness (QED) is 0.443. The summed E-state index contributed by atoms with van der Waals surface area (Å²) < 4.78 is 5.28. The normalized spacial score (nSPS) is 10.1. The van der Waals surface area contributed by atoms with Gasteiger partial charge in [-0.3, -0.25) is 14.9 Å². The van der Waals surface area contributed by atoms with Crippen molar-refractivity contribution in [2.24, 2.45) is 5.73 Å². The van der Waals surface area contributed by atoms with Gasteiger partial charge in [0.1, 0.15) is 5.75 Å². The van der Waals surface area contributed by atoms with E-state index in [1.807, 2.05) is 0 Å². The van der Waals surface area contributed by atoms with Crippen molar-refractivity contribution < 1.29 is 24.4 Å². The fourth-order valence-corrected chi connectivity index (χ4v) is 1.78. The second kappa shape index (κ2) is 7.46. The van der Waals surface area contributed by atoms with E-state index in [1.165, 1.54) is 13.1 Å². The lowest BCUT2D eigenvalue weighted by Crippen LogP contribution is -2.26. The summed E-state index contributed by atoms with van der Waals surface area (Å²) in [6.07, 6.45) is -0.738. The fourth-order valence-electron chi connectivity index (χ4n) is 1.54. The molecule has 0 saturated carbocycles. The average molecular weight is 332 g/mol. The first-order chi connectivity index (χ1) is 10.2. The molecule has 120 valence electrons. The fraction of sp³-hybridized carbons (Fsp3) is 0.333. The molecule has 0 aliphatic carbocycles. The number of rotatable bonds is 7. The van der Waals surface area contributed by atoms with Crippen LogP contribution in [-0.4, -0.2) is 47.1 Å². The Morgan fingerprint density at radius 3 is 2.64 bits per heavy atom. The molecule has 0 fully saturated rings. The summed E-state index contributed by atoms with van der Waals surface area (Å²) in [5.41, 5.74) is 4.50. The number of amides is 2. The Bertz CT molecular complexity index is 607. The summed E-state index contributed by atoms with van der Waals surface area (Å²) in [5.74, 6) is -0.905. The number of halogens is 1. The van der Waals surface area contributed by atoms with Crippen LogP contribution in [0.2, 0.25) is 5.02 Å². The van der Waals surface area contributed by atoms with Gasteiger partial charge in [0.25, 0.3) is 5.69 Å². The lowest BCUT2D eigenvalue weighted by Gasteiger charge is -2.13. The molecule has 0 aliphatic rings. The summed E-state index contributed by atoms with van der Waals surface area (Å²) in [6, 6.07) is 2.17. The number of hydrogen-bond donors (Lipinski definition) is 2. The molecule has 3 N–H and O–H groups in total. The van der Waals surface area contributed by atoms with E-state index in [1.54, 1.807) is 0 Å². The molecule has 0 bridgehead atoms. The number of carbonyl (C=O) groups is 2. The monoisotopic (exact) mass is 331 g/mol. The molecule has 1 rings (SSSR count). The van der Waals surface area contributed by atoms with E-state index in [9.17, 15) is 19.7 Å². The second-order valence-electron chi connectivity index (χ2n) is 4.33. The van der Waals surface area contributed by atoms with E-state index >= 15 is 0 Å². The number of carboxylic acid groups (broad SMARTS) is 1. The lowest BCUT2D eigenvalue weighted by atomic mass is 10.2. The second-order valence-corrected chi connectivity index (χ2v) is 4.71. The number of nitro benzene ring substituents is 1. The molecule has 0 spiro atoms. The number of hydrogen-bond acceptors (Lipinski definition) is 5. The number of primary amides is 1. The highest BCUT2D eigenvalue weighted by Gasteiger charge is 2.21. The number of nitrogens with two attached hydrogens (primary N) is 1. The molecular formula is C12H14ClN3O6. The van der Waals surface area contributed by atoms with Crippen LogP contribution >= 0.6 is 11.6 Å². The van der Waals surface area contributed by atoms with Crippen LogP contribution in [0.5, 0.6) is 5.75 Å². The Labute approximate surface area is 130 Å². The van der Waals surface area contributed by atoms with Crippen LogP contribution in [0.1, 0.15) is 16.8 Å². The first-order valence-corrected chi connectivity index (χ1v) is 6.46.